The van der Waals surface area contributed by atoms with Gasteiger partial charge in [-0.3, -0.25) is 0 Å². The van der Waals surface area contributed by atoms with E-state index in [1.54, 1.807) is 10.8 Å². The molecule has 0 aliphatic heterocycles. The highest BCUT2D eigenvalue weighted by atomic mass is 33.1. The van der Waals surface area contributed by atoms with Crippen LogP contribution in [0.2, 0.25) is 0 Å². The zero-order chi connectivity index (χ0) is 10.3. The fraction of sp³-hybridized carbons (Fsp3) is 0.0833. The first-order valence-electron chi connectivity index (χ1n) is 4.69. The van der Waals surface area contributed by atoms with Crippen LogP contribution in [0.1, 0.15) is 5.56 Å². The van der Waals surface area contributed by atoms with E-state index in [4.69, 9.17) is 0 Å². The molecular formula is C12H11NS2. The Bertz CT molecular complexity index is 349. The summed E-state index contributed by atoms with van der Waals surface area (Å²) in [5.41, 5.74) is 1.35. The van der Waals surface area contributed by atoms with Crippen LogP contribution >= 0.6 is 21.6 Å². The monoisotopic (exact) mass is 233 g/mol. The van der Waals surface area contributed by atoms with E-state index < -0.39 is 0 Å². The number of aromatic nitrogens is 1. The molecule has 0 atom stereocenters. The topological polar surface area (TPSA) is 12.9 Å². The molecule has 0 amide bonds. The minimum absolute atomic E-state index is 1.02. The highest BCUT2D eigenvalue weighted by Gasteiger charge is 1.95. The van der Waals surface area contributed by atoms with E-state index in [1.807, 2.05) is 41.3 Å². The van der Waals surface area contributed by atoms with E-state index in [0.717, 1.165) is 10.8 Å². The second kappa shape index (κ2) is 5.83. The van der Waals surface area contributed by atoms with Crippen molar-refractivity contribution in [3.05, 3.63) is 60.3 Å². The summed E-state index contributed by atoms with van der Waals surface area (Å²) < 4.78 is 0. The molecule has 1 nitrogen and oxygen atoms in total. The predicted octanol–water partition coefficient (Wildman–Crippen LogP) is 4.02. The summed E-state index contributed by atoms with van der Waals surface area (Å²) in [5.74, 6) is 1.02. The first-order chi connectivity index (χ1) is 7.45. The van der Waals surface area contributed by atoms with Crippen LogP contribution in [0.5, 0.6) is 0 Å². The normalized spacial score (nSPS) is 10.1. The van der Waals surface area contributed by atoms with Crippen LogP contribution in [0, 0.1) is 0 Å². The molecule has 15 heavy (non-hydrogen) atoms. The third-order valence-corrected chi connectivity index (χ3v) is 4.05. The molecule has 0 spiro atoms. The molecular weight excluding hydrogens is 222 g/mol. The van der Waals surface area contributed by atoms with Crippen LogP contribution in [-0.2, 0) is 5.75 Å². The standard InChI is InChI=1S/C12H11NS2/c1-2-6-11(7-3-1)10-14-15-12-8-4-5-9-13-12/h1-9H,10H2. The lowest BCUT2D eigenvalue weighted by Crippen LogP contribution is -1.77. The second-order valence-electron chi connectivity index (χ2n) is 3.00. The van der Waals surface area contributed by atoms with Gasteiger partial charge in [-0.05, 0) is 28.5 Å². The van der Waals surface area contributed by atoms with Crippen molar-refractivity contribution < 1.29 is 0 Å². The van der Waals surface area contributed by atoms with Gasteiger partial charge in [-0.2, -0.15) is 0 Å². The molecule has 0 unspecified atom stereocenters. The molecule has 0 radical (unpaired) electrons. The summed E-state index contributed by atoms with van der Waals surface area (Å²) >= 11 is 0. The third-order valence-electron chi connectivity index (χ3n) is 1.85. The maximum absolute atomic E-state index is 4.25. The van der Waals surface area contributed by atoms with Gasteiger partial charge in [0.2, 0.25) is 0 Å². The van der Waals surface area contributed by atoms with Crippen LogP contribution < -0.4 is 0 Å². The molecule has 0 aliphatic carbocycles. The molecule has 0 fully saturated rings. The molecule has 3 heteroatoms. The summed E-state index contributed by atoms with van der Waals surface area (Å²) in [5, 5.41) is 1.07. The first kappa shape index (κ1) is 10.6. The van der Waals surface area contributed by atoms with Gasteiger partial charge in [0, 0.05) is 11.9 Å². The van der Waals surface area contributed by atoms with Gasteiger partial charge in [0.25, 0.3) is 0 Å². The molecule has 1 aromatic carbocycles. The molecule has 0 saturated heterocycles. The van der Waals surface area contributed by atoms with Gasteiger partial charge in [0.15, 0.2) is 0 Å². The zero-order valence-electron chi connectivity index (χ0n) is 8.17. The third kappa shape index (κ3) is 3.61. The van der Waals surface area contributed by atoms with Crippen LogP contribution in [0.15, 0.2) is 59.8 Å². The molecule has 0 N–H and O–H groups in total. The maximum Gasteiger partial charge on any atom is 0.106 e. The zero-order valence-corrected chi connectivity index (χ0v) is 9.80. The van der Waals surface area contributed by atoms with Gasteiger partial charge in [0.05, 0.1) is 0 Å². The Hall–Kier alpha value is -0.930. The van der Waals surface area contributed by atoms with Gasteiger partial charge < -0.3 is 0 Å². The number of pyridine rings is 1. The van der Waals surface area contributed by atoms with Crippen molar-refractivity contribution in [3.8, 4) is 0 Å². The lowest BCUT2D eigenvalue weighted by Gasteiger charge is -2.00. The van der Waals surface area contributed by atoms with Gasteiger partial charge in [-0.1, -0.05) is 47.2 Å². The van der Waals surface area contributed by atoms with Crippen molar-refractivity contribution in [1.29, 1.82) is 0 Å². The fourth-order valence-electron chi connectivity index (χ4n) is 1.13. The predicted molar refractivity (Wildman–Crippen MR) is 67.8 cm³/mol. The molecule has 76 valence electrons. The van der Waals surface area contributed by atoms with Gasteiger partial charge in [0.1, 0.15) is 5.03 Å². The summed E-state index contributed by atoms with van der Waals surface area (Å²) in [6.45, 7) is 0. The smallest absolute Gasteiger partial charge is 0.106 e. The lowest BCUT2D eigenvalue weighted by molar-refractivity contribution is 1.14. The van der Waals surface area contributed by atoms with Crippen LogP contribution in [0.3, 0.4) is 0 Å². The van der Waals surface area contributed by atoms with Gasteiger partial charge in [-0.25, -0.2) is 4.98 Å². The van der Waals surface area contributed by atoms with Crippen molar-refractivity contribution in [2.24, 2.45) is 0 Å². The highest BCUT2D eigenvalue weighted by molar-refractivity contribution is 8.76. The number of hydrogen-bond donors (Lipinski definition) is 0. The Morgan fingerprint density at radius 2 is 1.73 bits per heavy atom. The first-order valence-corrected chi connectivity index (χ1v) is 7.01. The quantitative estimate of drug-likeness (QED) is 0.740. The Labute approximate surface area is 97.7 Å². The average molecular weight is 233 g/mol. The van der Waals surface area contributed by atoms with Crippen LogP contribution in [0.25, 0.3) is 0 Å². The molecule has 0 saturated carbocycles. The molecule has 2 aromatic rings. The number of benzene rings is 1. The van der Waals surface area contributed by atoms with Gasteiger partial charge >= 0.3 is 0 Å². The Balaban J connectivity index is 1.81. The van der Waals surface area contributed by atoms with Crippen molar-refractivity contribution in [2.45, 2.75) is 10.8 Å². The minimum atomic E-state index is 1.02. The minimum Gasteiger partial charge on any atom is -0.249 e. The molecule has 1 heterocycles. The van der Waals surface area contributed by atoms with E-state index in [0.29, 0.717) is 0 Å². The van der Waals surface area contributed by atoms with Crippen molar-refractivity contribution >= 4 is 21.6 Å². The largest absolute Gasteiger partial charge is 0.249 e. The van der Waals surface area contributed by atoms with Crippen LogP contribution in [0.4, 0.5) is 0 Å². The Morgan fingerprint density at radius 1 is 0.933 bits per heavy atom. The van der Waals surface area contributed by atoms with Crippen molar-refractivity contribution in [2.75, 3.05) is 0 Å². The highest BCUT2D eigenvalue weighted by Crippen LogP contribution is 2.31. The van der Waals surface area contributed by atoms with Gasteiger partial charge in [-0.15, -0.1) is 0 Å². The number of hydrogen-bond acceptors (Lipinski definition) is 3. The van der Waals surface area contributed by atoms with E-state index >= 15 is 0 Å². The molecule has 0 aliphatic rings. The summed E-state index contributed by atoms with van der Waals surface area (Å²) in [6, 6.07) is 16.5. The summed E-state index contributed by atoms with van der Waals surface area (Å²) in [4.78, 5) is 4.25. The number of rotatable bonds is 4. The summed E-state index contributed by atoms with van der Waals surface area (Å²) in [7, 11) is 3.53. The number of nitrogens with zero attached hydrogens (tertiary/aromatic N) is 1. The molecule has 1 aromatic heterocycles. The Kier molecular flexibility index (Phi) is 4.11. The molecule has 2 rings (SSSR count). The van der Waals surface area contributed by atoms with E-state index in [9.17, 15) is 0 Å². The Morgan fingerprint density at radius 3 is 2.47 bits per heavy atom. The van der Waals surface area contributed by atoms with E-state index in [1.165, 1.54) is 5.56 Å². The van der Waals surface area contributed by atoms with E-state index in [2.05, 4.69) is 29.2 Å². The fourth-order valence-corrected chi connectivity index (χ4v) is 3.12. The van der Waals surface area contributed by atoms with Crippen LogP contribution in [-0.4, -0.2) is 4.98 Å². The maximum atomic E-state index is 4.25. The van der Waals surface area contributed by atoms with E-state index in [-0.39, 0.29) is 0 Å². The average Bonchev–Trinajstić information content (AvgIpc) is 2.32. The van der Waals surface area contributed by atoms with Crippen molar-refractivity contribution in [3.63, 3.8) is 0 Å². The second-order valence-corrected chi connectivity index (χ2v) is 5.32. The SMILES string of the molecule is c1ccc(CSSc2ccccn2)cc1. The lowest BCUT2D eigenvalue weighted by atomic mass is 10.2. The molecule has 0 bridgehead atoms. The van der Waals surface area contributed by atoms with Crippen molar-refractivity contribution in [1.82, 2.24) is 4.98 Å². The summed E-state index contributed by atoms with van der Waals surface area (Å²) in [6.07, 6.45) is 1.82.